The predicted octanol–water partition coefficient (Wildman–Crippen LogP) is 4.73. The number of benzene rings is 2. The third kappa shape index (κ3) is 4.84. The van der Waals surface area contributed by atoms with Gasteiger partial charge in [0.2, 0.25) is 0 Å². The fourth-order valence-corrected chi connectivity index (χ4v) is 4.44. The Hall–Kier alpha value is -3.24. The Bertz CT molecular complexity index is 1150. The molecule has 30 heavy (non-hydrogen) atoms. The second-order valence-electron chi connectivity index (χ2n) is 5.94. The summed E-state index contributed by atoms with van der Waals surface area (Å²) in [5.74, 6) is -3.63. The highest BCUT2D eigenvalue weighted by atomic mass is 79.9. The molecule has 0 fully saturated rings. The zero-order valence-electron chi connectivity index (χ0n) is 15.0. The number of thiophene rings is 1. The summed E-state index contributed by atoms with van der Waals surface area (Å²) < 4.78 is 18.8. The topological polar surface area (TPSA) is 113 Å². The summed E-state index contributed by atoms with van der Waals surface area (Å²) >= 11 is 4.18. The van der Waals surface area contributed by atoms with Gasteiger partial charge in [-0.25, -0.2) is 14.0 Å². The van der Waals surface area contributed by atoms with Gasteiger partial charge in [0.25, 0.3) is 5.91 Å². The summed E-state index contributed by atoms with van der Waals surface area (Å²) in [7, 11) is 0. The lowest BCUT2D eigenvalue weighted by Gasteiger charge is -2.08. The summed E-state index contributed by atoms with van der Waals surface area (Å²) in [5.41, 5.74) is 1.12. The number of halogens is 2. The van der Waals surface area contributed by atoms with E-state index >= 15 is 0 Å². The maximum absolute atomic E-state index is 13.3. The van der Waals surface area contributed by atoms with E-state index in [1.807, 2.05) is 0 Å². The van der Waals surface area contributed by atoms with Crippen LogP contribution in [-0.2, 0) is 4.79 Å². The Morgan fingerprint density at radius 2 is 1.83 bits per heavy atom. The molecule has 0 aliphatic rings. The zero-order chi connectivity index (χ0) is 21.8. The Morgan fingerprint density at radius 1 is 1.10 bits per heavy atom. The number of carboxylic acid groups (broad SMARTS) is 2. The summed E-state index contributed by atoms with van der Waals surface area (Å²) in [6, 6.07) is 11.8. The summed E-state index contributed by atoms with van der Waals surface area (Å²) in [5, 5.41) is 20.9. The molecule has 1 aromatic heterocycles. The SMILES string of the molecule is O=C(O)COc1c(C(=O)O)sc(-c2cccc(NC(=O)c3cccc(F)c3)c2)c1Br. The van der Waals surface area contributed by atoms with Crippen molar-refractivity contribution in [3.8, 4) is 16.2 Å². The molecule has 2 aromatic carbocycles. The van der Waals surface area contributed by atoms with Crippen LogP contribution in [0.25, 0.3) is 10.4 Å². The molecule has 3 rings (SSSR count). The second-order valence-corrected chi connectivity index (χ2v) is 7.75. The first kappa shape index (κ1) is 21.5. The molecule has 0 atom stereocenters. The van der Waals surface area contributed by atoms with E-state index in [4.69, 9.17) is 9.84 Å². The molecule has 0 saturated heterocycles. The zero-order valence-corrected chi connectivity index (χ0v) is 17.4. The van der Waals surface area contributed by atoms with Gasteiger partial charge in [0.1, 0.15) is 5.82 Å². The van der Waals surface area contributed by atoms with Crippen molar-refractivity contribution in [1.29, 1.82) is 0 Å². The Kier molecular flexibility index (Phi) is 6.48. The van der Waals surface area contributed by atoms with Gasteiger partial charge in [0.05, 0.1) is 9.35 Å². The van der Waals surface area contributed by atoms with Crippen LogP contribution in [0, 0.1) is 5.82 Å². The fourth-order valence-electron chi connectivity index (χ4n) is 2.56. The van der Waals surface area contributed by atoms with E-state index < -0.39 is 30.3 Å². The minimum Gasteiger partial charge on any atom is -0.479 e. The minimum atomic E-state index is -1.26. The van der Waals surface area contributed by atoms with Crippen LogP contribution in [0.1, 0.15) is 20.0 Å². The molecule has 0 spiro atoms. The lowest BCUT2D eigenvalue weighted by molar-refractivity contribution is -0.139. The van der Waals surface area contributed by atoms with Gasteiger partial charge >= 0.3 is 11.9 Å². The molecule has 1 amide bonds. The molecule has 154 valence electrons. The van der Waals surface area contributed by atoms with Crippen molar-refractivity contribution < 1.29 is 33.7 Å². The first-order valence-electron chi connectivity index (χ1n) is 8.33. The van der Waals surface area contributed by atoms with Crippen LogP contribution in [0.2, 0.25) is 0 Å². The summed E-state index contributed by atoms with van der Waals surface area (Å²) in [4.78, 5) is 35.0. The van der Waals surface area contributed by atoms with E-state index in [1.54, 1.807) is 24.3 Å². The molecule has 0 aliphatic carbocycles. The van der Waals surface area contributed by atoms with E-state index in [0.29, 0.717) is 20.6 Å². The monoisotopic (exact) mass is 493 g/mol. The Labute approximate surface area is 181 Å². The van der Waals surface area contributed by atoms with Crippen LogP contribution in [0.4, 0.5) is 10.1 Å². The van der Waals surface area contributed by atoms with Crippen molar-refractivity contribution in [3.05, 3.63) is 69.3 Å². The lowest BCUT2D eigenvalue weighted by Crippen LogP contribution is -2.12. The van der Waals surface area contributed by atoms with Crippen LogP contribution in [0.5, 0.6) is 5.75 Å². The van der Waals surface area contributed by atoms with Crippen LogP contribution in [0.3, 0.4) is 0 Å². The average molecular weight is 494 g/mol. The smallest absolute Gasteiger partial charge is 0.349 e. The second kappa shape index (κ2) is 9.06. The fraction of sp³-hybridized carbons (Fsp3) is 0.0500. The van der Waals surface area contributed by atoms with Gasteiger partial charge in [-0.05, 0) is 51.8 Å². The minimum absolute atomic E-state index is 0.0842. The van der Waals surface area contributed by atoms with E-state index in [-0.39, 0.29) is 16.2 Å². The Balaban J connectivity index is 1.92. The molecule has 7 nitrogen and oxygen atoms in total. The number of amides is 1. The van der Waals surface area contributed by atoms with Crippen molar-refractivity contribution in [2.45, 2.75) is 0 Å². The number of carboxylic acids is 2. The van der Waals surface area contributed by atoms with E-state index in [2.05, 4.69) is 21.2 Å². The van der Waals surface area contributed by atoms with Gasteiger partial charge in [-0.2, -0.15) is 0 Å². The number of carbonyl (C=O) groups is 3. The van der Waals surface area contributed by atoms with Crippen LogP contribution >= 0.6 is 27.3 Å². The van der Waals surface area contributed by atoms with Gasteiger partial charge < -0.3 is 20.3 Å². The molecule has 3 N–H and O–H groups in total. The number of ether oxygens (including phenoxy) is 1. The molecule has 1 heterocycles. The maximum atomic E-state index is 13.3. The standard InChI is InChI=1S/C20H13BrFNO6S/c21-15-16(29-9-14(24)25)18(20(27)28)30-17(15)10-3-2-6-13(8-10)23-19(26)11-4-1-5-12(22)7-11/h1-8H,9H2,(H,23,26)(H,24,25)(H,27,28). The molecule has 0 unspecified atom stereocenters. The normalized spacial score (nSPS) is 10.5. The van der Waals surface area contributed by atoms with Gasteiger partial charge in [0.15, 0.2) is 17.2 Å². The number of nitrogens with one attached hydrogen (secondary N) is 1. The van der Waals surface area contributed by atoms with Crippen molar-refractivity contribution in [2.24, 2.45) is 0 Å². The molecular weight excluding hydrogens is 481 g/mol. The van der Waals surface area contributed by atoms with E-state index in [9.17, 15) is 23.9 Å². The number of aliphatic carboxylic acids is 1. The third-order valence-electron chi connectivity index (χ3n) is 3.81. The number of hydrogen-bond donors (Lipinski definition) is 3. The lowest BCUT2D eigenvalue weighted by atomic mass is 10.1. The molecule has 0 aliphatic heterocycles. The summed E-state index contributed by atoms with van der Waals surface area (Å²) in [6.45, 7) is -0.696. The van der Waals surface area contributed by atoms with Crippen LogP contribution < -0.4 is 10.1 Å². The van der Waals surface area contributed by atoms with Gasteiger partial charge in [0, 0.05) is 11.3 Å². The third-order valence-corrected chi connectivity index (χ3v) is 6.04. The van der Waals surface area contributed by atoms with Gasteiger partial charge in [-0.15, -0.1) is 11.3 Å². The number of hydrogen-bond acceptors (Lipinski definition) is 5. The van der Waals surface area contributed by atoms with E-state index in [1.165, 1.54) is 18.2 Å². The maximum Gasteiger partial charge on any atom is 0.349 e. The highest BCUT2D eigenvalue weighted by Crippen LogP contribution is 2.46. The number of rotatable bonds is 7. The van der Waals surface area contributed by atoms with Crippen molar-refractivity contribution in [3.63, 3.8) is 0 Å². The van der Waals surface area contributed by atoms with E-state index in [0.717, 1.165) is 17.4 Å². The van der Waals surface area contributed by atoms with Crippen LogP contribution in [-0.4, -0.2) is 34.7 Å². The largest absolute Gasteiger partial charge is 0.479 e. The molecule has 3 aromatic rings. The number of carbonyl (C=O) groups excluding carboxylic acids is 1. The van der Waals surface area contributed by atoms with Crippen molar-refractivity contribution in [1.82, 2.24) is 0 Å². The average Bonchev–Trinajstić information content (AvgIpc) is 3.03. The number of anilines is 1. The first-order valence-corrected chi connectivity index (χ1v) is 9.94. The van der Waals surface area contributed by atoms with Crippen molar-refractivity contribution >= 4 is 50.8 Å². The number of aromatic carboxylic acids is 1. The first-order chi connectivity index (χ1) is 14.3. The van der Waals surface area contributed by atoms with Gasteiger partial charge in [-0.3, -0.25) is 4.79 Å². The van der Waals surface area contributed by atoms with Crippen molar-refractivity contribution in [2.75, 3.05) is 11.9 Å². The quantitative estimate of drug-likeness (QED) is 0.438. The highest BCUT2D eigenvalue weighted by molar-refractivity contribution is 9.10. The molecule has 0 bridgehead atoms. The Morgan fingerprint density at radius 3 is 2.50 bits per heavy atom. The van der Waals surface area contributed by atoms with Gasteiger partial charge in [-0.1, -0.05) is 18.2 Å². The summed E-state index contributed by atoms with van der Waals surface area (Å²) in [6.07, 6.45) is 0. The predicted molar refractivity (Wildman–Crippen MR) is 112 cm³/mol. The molecule has 0 radical (unpaired) electrons. The van der Waals surface area contributed by atoms with Crippen LogP contribution in [0.15, 0.2) is 53.0 Å². The molecular formula is C20H13BrFNO6S. The highest BCUT2D eigenvalue weighted by Gasteiger charge is 2.24. The molecule has 10 heteroatoms. The molecule has 0 saturated carbocycles.